The maximum absolute atomic E-state index is 5.06. The summed E-state index contributed by atoms with van der Waals surface area (Å²) in [5, 5.41) is 3.39. The van der Waals surface area contributed by atoms with Crippen molar-refractivity contribution >= 4 is 5.95 Å². The van der Waals surface area contributed by atoms with Crippen LogP contribution in [-0.4, -0.2) is 22.6 Å². The zero-order valence-corrected chi connectivity index (χ0v) is 9.29. The summed E-state index contributed by atoms with van der Waals surface area (Å²) in [5.74, 6) is 1.27. The lowest BCUT2D eigenvalue weighted by Gasteiger charge is -2.25. The van der Waals surface area contributed by atoms with Gasteiger partial charge in [-0.1, -0.05) is 12.8 Å². The van der Waals surface area contributed by atoms with Gasteiger partial charge >= 0.3 is 0 Å². The molecule has 82 valence electrons. The minimum absolute atomic E-state index is 0.159. The topological polar surface area (TPSA) is 47.0 Å². The highest BCUT2D eigenvalue weighted by atomic mass is 16.5. The van der Waals surface area contributed by atoms with Crippen LogP contribution in [0, 0.1) is 0 Å². The average Bonchev–Trinajstić information content (AvgIpc) is 2.65. The number of nitrogens with one attached hydrogen (secondary N) is 1. The fourth-order valence-electron chi connectivity index (χ4n) is 2.07. The number of methoxy groups -OCH3 is 1. The first-order valence-electron chi connectivity index (χ1n) is 5.37. The maximum atomic E-state index is 5.06. The van der Waals surface area contributed by atoms with Gasteiger partial charge in [-0.2, -0.15) is 4.98 Å². The molecule has 0 atom stereocenters. The van der Waals surface area contributed by atoms with E-state index in [1.165, 1.54) is 25.7 Å². The van der Waals surface area contributed by atoms with E-state index in [0.29, 0.717) is 11.8 Å². The van der Waals surface area contributed by atoms with Gasteiger partial charge in [0.25, 0.3) is 0 Å². The van der Waals surface area contributed by atoms with E-state index < -0.39 is 0 Å². The molecule has 1 saturated carbocycles. The molecule has 1 aliphatic rings. The van der Waals surface area contributed by atoms with Crippen molar-refractivity contribution in [3.63, 3.8) is 0 Å². The number of ether oxygens (including phenoxy) is 1. The summed E-state index contributed by atoms with van der Waals surface area (Å²) >= 11 is 0. The SMILES string of the molecule is COc1ccnc(NC2(C)CCCC2)n1. The van der Waals surface area contributed by atoms with Crippen LogP contribution in [0.3, 0.4) is 0 Å². The molecule has 0 unspecified atom stereocenters. The summed E-state index contributed by atoms with van der Waals surface area (Å²) in [6.07, 6.45) is 6.66. The summed E-state index contributed by atoms with van der Waals surface area (Å²) in [7, 11) is 1.61. The van der Waals surface area contributed by atoms with Gasteiger partial charge in [0.15, 0.2) is 0 Å². The Bertz CT molecular complexity index is 334. The van der Waals surface area contributed by atoms with Gasteiger partial charge < -0.3 is 10.1 Å². The second-order valence-electron chi connectivity index (χ2n) is 4.32. The normalized spacial score (nSPS) is 18.8. The highest BCUT2D eigenvalue weighted by molar-refractivity contribution is 5.31. The van der Waals surface area contributed by atoms with E-state index >= 15 is 0 Å². The molecule has 1 heterocycles. The van der Waals surface area contributed by atoms with Crippen molar-refractivity contribution in [1.29, 1.82) is 0 Å². The summed E-state index contributed by atoms with van der Waals surface area (Å²) in [6.45, 7) is 2.23. The lowest BCUT2D eigenvalue weighted by atomic mass is 10.0. The molecule has 0 aromatic carbocycles. The molecular weight excluding hydrogens is 190 g/mol. The zero-order chi connectivity index (χ0) is 10.7. The van der Waals surface area contributed by atoms with Crippen LogP contribution in [0.15, 0.2) is 12.3 Å². The van der Waals surface area contributed by atoms with Gasteiger partial charge in [0.2, 0.25) is 11.8 Å². The highest BCUT2D eigenvalue weighted by Crippen LogP contribution is 2.31. The van der Waals surface area contributed by atoms with Gasteiger partial charge in [0.05, 0.1) is 7.11 Å². The van der Waals surface area contributed by atoms with Gasteiger partial charge in [-0.3, -0.25) is 0 Å². The summed E-state index contributed by atoms with van der Waals surface area (Å²) in [4.78, 5) is 8.45. The van der Waals surface area contributed by atoms with Gasteiger partial charge in [-0.15, -0.1) is 0 Å². The van der Waals surface area contributed by atoms with Gasteiger partial charge in [-0.25, -0.2) is 4.98 Å². The van der Waals surface area contributed by atoms with Crippen molar-refractivity contribution in [2.75, 3.05) is 12.4 Å². The number of hydrogen-bond donors (Lipinski definition) is 1. The van der Waals surface area contributed by atoms with Crippen LogP contribution >= 0.6 is 0 Å². The molecule has 1 aromatic heterocycles. The molecule has 0 spiro atoms. The monoisotopic (exact) mass is 207 g/mol. The zero-order valence-electron chi connectivity index (χ0n) is 9.29. The first-order valence-corrected chi connectivity index (χ1v) is 5.37. The number of hydrogen-bond acceptors (Lipinski definition) is 4. The molecule has 0 saturated heterocycles. The molecule has 0 amide bonds. The molecule has 15 heavy (non-hydrogen) atoms. The fraction of sp³-hybridized carbons (Fsp3) is 0.636. The second kappa shape index (κ2) is 4.04. The molecule has 1 aromatic rings. The Balaban J connectivity index is 2.09. The third-order valence-electron chi connectivity index (χ3n) is 2.96. The smallest absolute Gasteiger partial charge is 0.226 e. The van der Waals surface area contributed by atoms with Crippen LogP contribution in [0.25, 0.3) is 0 Å². The Morgan fingerprint density at radius 3 is 2.80 bits per heavy atom. The number of nitrogens with zero attached hydrogens (tertiary/aromatic N) is 2. The Hall–Kier alpha value is -1.32. The number of aromatic nitrogens is 2. The third kappa shape index (κ3) is 2.37. The van der Waals surface area contributed by atoms with Crippen LogP contribution in [0.2, 0.25) is 0 Å². The first-order chi connectivity index (χ1) is 7.22. The highest BCUT2D eigenvalue weighted by Gasteiger charge is 2.29. The predicted molar refractivity (Wildman–Crippen MR) is 59.1 cm³/mol. The molecule has 1 N–H and O–H groups in total. The summed E-state index contributed by atoms with van der Waals surface area (Å²) < 4.78 is 5.06. The molecule has 0 radical (unpaired) electrons. The molecule has 2 rings (SSSR count). The minimum Gasteiger partial charge on any atom is -0.481 e. The van der Waals surface area contributed by atoms with E-state index in [9.17, 15) is 0 Å². The van der Waals surface area contributed by atoms with Crippen LogP contribution < -0.4 is 10.1 Å². The first kappa shape index (κ1) is 10.2. The molecule has 1 fully saturated rings. The van der Waals surface area contributed by atoms with E-state index in [2.05, 4.69) is 22.2 Å². The molecule has 0 bridgehead atoms. The van der Waals surface area contributed by atoms with Crippen LogP contribution in [0.1, 0.15) is 32.6 Å². The summed E-state index contributed by atoms with van der Waals surface area (Å²) in [6, 6.07) is 1.75. The van der Waals surface area contributed by atoms with Crippen LogP contribution in [-0.2, 0) is 0 Å². The van der Waals surface area contributed by atoms with Gasteiger partial charge in [0, 0.05) is 17.8 Å². The quantitative estimate of drug-likeness (QED) is 0.825. The van der Waals surface area contributed by atoms with Crippen molar-refractivity contribution in [1.82, 2.24) is 9.97 Å². The largest absolute Gasteiger partial charge is 0.481 e. The van der Waals surface area contributed by atoms with Gasteiger partial charge in [0.1, 0.15) is 0 Å². The van der Waals surface area contributed by atoms with E-state index in [-0.39, 0.29) is 5.54 Å². The van der Waals surface area contributed by atoms with Crippen molar-refractivity contribution < 1.29 is 4.74 Å². The van der Waals surface area contributed by atoms with Crippen molar-refractivity contribution in [2.24, 2.45) is 0 Å². The predicted octanol–water partition coefficient (Wildman–Crippen LogP) is 2.23. The van der Waals surface area contributed by atoms with Gasteiger partial charge in [-0.05, 0) is 19.8 Å². The van der Waals surface area contributed by atoms with Crippen molar-refractivity contribution in [3.8, 4) is 5.88 Å². The van der Waals surface area contributed by atoms with Crippen molar-refractivity contribution in [2.45, 2.75) is 38.1 Å². The number of anilines is 1. The van der Waals surface area contributed by atoms with Crippen LogP contribution in [0.4, 0.5) is 5.95 Å². The van der Waals surface area contributed by atoms with E-state index in [1.807, 2.05) is 0 Å². The minimum atomic E-state index is 0.159. The number of rotatable bonds is 3. The Kier molecular flexibility index (Phi) is 2.75. The Morgan fingerprint density at radius 1 is 1.40 bits per heavy atom. The fourth-order valence-corrected chi connectivity index (χ4v) is 2.07. The van der Waals surface area contributed by atoms with E-state index in [4.69, 9.17) is 4.74 Å². The molecule has 1 aliphatic carbocycles. The second-order valence-corrected chi connectivity index (χ2v) is 4.32. The molecule has 4 heteroatoms. The lowest BCUT2D eigenvalue weighted by molar-refractivity contribution is 0.396. The van der Waals surface area contributed by atoms with E-state index in [1.54, 1.807) is 19.4 Å². The molecular formula is C11H17N3O. The van der Waals surface area contributed by atoms with E-state index in [0.717, 1.165) is 0 Å². The standard InChI is InChI=1S/C11H17N3O/c1-11(6-3-4-7-11)14-10-12-8-5-9(13-10)15-2/h5,8H,3-4,6-7H2,1-2H3,(H,12,13,14). The molecule has 4 nitrogen and oxygen atoms in total. The lowest BCUT2D eigenvalue weighted by Crippen LogP contribution is -2.31. The Morgan fingerprint density at radius 2 is 2.13 bits per heavy atom. The Labute approximate surface area is 90.1 Å². The van der Waals surface area contributed by atoms with Crippen molar-refractivity contribution in [3.05, 3.63) is 12.3 Å². The third-order valence-corrected chi connectivity index (χ3v) is 2.96. The van der Waals surface area contributed by atoms with Crippen LogP contribution in [0.5, 0.6) is 5.88 Å². The average molecular weight is 207 g/mol. The maximum Gasteiger partial charge on any atom is 0.226 e. The summed E-state index contributed by atoms with van der Waals surface area (Å²) in [5.41, 5.74) is 0.159. The molecule has 0 aliphatic heterocycles.